The highest BCUT2D eigenvalue weighted by atomic mass is 15.0. The Morgan fingerprint density at radius 3 is 1.19 bits per heavy atom. The van der Waals surface area contributed by atoms with Gasteiger partial charge < -0.3 is 0 Å². The second-order valence-corrected chi connectivity index (χ2v) is 16.5. The molecule has 0 aliphatic carbocycles. The van der Waals surface area contributed by atoms with E-state index in [1.807, 2.05) is 116 Å². The van der Waals surface area contributed by atoms with Gasteiger partial charge in [-0.05, 0) is 95.3 Å². The summed E-state index contributed by atoms with van der Waals surface area (Å²) in [7, 11) is 0. The zero-order valence-corrected chi connectivity index (χ0v) is 37.4. The van der Waals surface area contributed by atoms with Crippen LogP contribution in [0.25, 0.3) is 113 Å². The molecule has 68 heavy (non-hydrogen) atoms. The number of hydrogen-bond donors (Lipinski definition) is 0. The highest BCUT2D eigenvalue weighted by Crippen LogP contribution is 2.39. The van der Waals surface area contributed by atoms with Crippen molar-refractivity contribution in [3.05, 3.63) is 230 Å². The van der Waals surface area contributed by atoms with Crippen LogP contribution in [0.15, 0.2) is 219 Å². The van der Waals surface area contributed by atoms with Crippen molar-refractivity contribution in [2.24, 2.45) is 0 Å². The minimum atomic E-state index is 0.572. The summed E-state index contributed by atoms with van der Waals surface area (Å²) in [6, 6.07) is 70.3. The number of aryl methyl sites for hydroxylation is 2. The van der Waals surface area contributed by atoms with Crippen molar-refractivity contribution in [3.8, 4) is 113 Å². The van der Waals surface area contributed by atoms with Crippen LogP contribution in [0.3, 0.4) is 0 Å². The van der Waals surface area contributed by atoms with Crippen molar-refractivity contribution < 1.29 is 0 Å². The van der Waals surface area contributed by atoms with Gasteiger partial charge in [0.05, 0.1) is 0 Å². The predicted octanol–water partition coefficient (Wildman–Crippen LogP) is 14.1. The van der Waals surface area contributed by atoms with Gasteiger partial charge in [-0.1, -0.05) is 164 Å². The third kappa shape index (κ3) is 8.69. The van der Waals surface area contributed by atoms with Crippen LogP contribution in [0.4, 0.5) is 0 Å². The summed E-state index contributed by atoms with van der Waals surface area (Å²) in [6.45, 7) is 4.09. The third-order valence-corrected chi connectivity index (χ3v) is 11.9. The highest BCUT2D eigenvalue weighted by Gasteiger charge is 2.19. The molecule has 11 aromatic rings. The fourth-order valence-electron chi connectivity index (χ4n) is 8.50. The Morgan fingerprint density at radius 2 is 0.632 bits per heavy atom. The first kappa shape index (κ1) is 41.6. The lowest BCUT2D eigenvalue weighted by molar-refractivity contribution is 1.07. The largest absolute Gasteiger partial charge is 0.265 e. The van der Waals surface area contributed by atoms with Crippen molar-refractivity contribution in [2.45, 2.75) is 13.8 Å². The molecule has 11 rings (SSSR count). The second kappa shape index (κ2) is 18.4. The Kier molecular flexibility index (Phi) is 11.2. The lowest BCUT2D eigenvalue weighted by Crippen LogP contribution is -2.01. The van der Waals surface area contributed by atoms with Crippen LogP contribution in [0, 0.1) is 13.8 Å². The fraction of sp³-hybridized carbons (Fsp3) is 0.0333. The average molecular weight is 875 g/mol. The second-order valence-electron chi connectivity index (χ2n) is 16.5. The van der Waals surface area contributed by atoms with E-state index in [1.54, 1.807) is 12.4 Å². The van der Waals surface area contributed by atoms with Crippen molar-refractivity contribution >= 4 is 0 Å². The van der Waals surface area contributed by atoms with E-state index >= 15 is 0 Å². The van der Waals surface area contributed by atoms with Crippen LogP contribution in [-0.4, -0.2) is 39.9 Å². The van der Waals surface area contributed by atoms with Crippen LogP contribution in [0.2, 0.25) is 0 Å². The van der Waals surface area contributed by atoms with Crippen LogP contribution in [0.1, 0.15) is 11.4 Å². The Balaban J connectivity index is 1.06. The molecule has 0 bridgehead atoms. The summed E-state index contributed by atoms with van der Waals surface area (Å²) in [5, 5.41) is 0. The van der Waals surface area contributed by atoms with Crippen LogP contribution < -0.4 is 0 Å². The van der Waals surface area contributed by atoms with E-state index in [9.17, 15) is 0 Å². The standard InChI is InChI=1S/C60H42N8/c1-39-25-30-52(40(2)62-39)50-36-49(47-21-14-22-48(35-47)59-65-55(43-15-6-3-7-16-43)63-56(66-59)44-17-8-4-9-18-44)37-51(38-50)53-23-12-13-24-54(53)60-67-57(45-19-10-5-11-20-45)64-58(68-60)46-28-26-41(27-29-46)42-31-33-61-34-32-42/h3-38H,1-2H3. The summed E-state index contributed by atoms with van der Waals surface area (Å²) in [5.74, 6) is 3.57. The van der Waals surface area contributed by atoms with Crippen molar-refractivity contribution in [1.82, 2.24) is 39.9 Å². The number of hydrogen-bond acceptors (Lipinski definition) is 8. The molecule has 0 atom stereocenters. The number of aromatic nitrogens is 8. The number of pyridine rings is 2. The van der Waals surface area contributed by atoms with Crippen LogP contribution in [-0.2, 0) is 0 Å². The summed E-state index contributed by atoms with van der Waals surface area (Å²) in [5.41, 5.74) is 15.6. The molecule has 4 aromatic heterocycles. The van der Waals surface area contributed by atoms with Crippen LogP contribution >= 0.6 is 0 Å². The molecule has 0 amide bonds. The van der Waals surface area contributed by atoms with Gasteiger partial charge in [0.1, 0.15) is 0 Å². The summed E-state index contributed by atoms with van der Waals surface area (Å²) in [4.78, 5) is 39.6. The summed E-state index contributed by atoms with van der Waals surface area (Å²) >= 11 is 0. The van der Waals surface area contributed by atoms with Gasteiger partial charge in [-0.3, -0.25) is 9.97 Å². The normalized spacial score (nSPS) is 11.1. The first-order valence-corrected chi connectivity index (χ1v) is 22.5. The SMILES string of the molecule is Cc1ccc(-c2cc(-c3cccc(-c4nc(-c5ccccc5)nc(-c5ccccc5)n4)c3)cc(-c3ccccc3-c3nc(-c4ccccc4)nc(-c4ccc(-c5ccncc5)cc4)n3)c2)c(C)n1. The van der Waals surface area contributed by atoms with Gasteiger partial charge in [-0.25, -0.2) is 29.9 Å². The minimum absolute atomic E-state index is 0.572. The van der Waals surface area contributed by atoms with Gasteiger partial charge in [0.25, 0.3) is 0 Å². The highest BCUT2D eigenvalue weighted by molar-refractivity contribution is 5.88. The Hall–Kier alpha value is -9.14. The van der Waals surface area contributed by atoms with Crippen molar-refractivity contribution in [3.63, 3.8) is 0 Å². The number of rotatable bonds is 10. The van der Waals surface area contributed by atoms with Gasteiger partial charge in [0, 0.05) is 62.7 Å². The van der Waals surface area contributed by atoms with E-state index in [-0.39, 0.29) is 0 Å². The molecule has 0 N–H and O–H groups in total. The average Bonchev–Trinajstić information content (AvgIpc) is 3.41. The molecule has 8 nitrogen and oxygen atoms in total. The monoisotopic (exact) mass is 874 g/mol. The Bertz CT molecular complexity index is 3510. The predicted molar refractivity (Wildman–Crippen MR) is 273 cm³/mol. The molecule has 0 fully saturated rings. The molecule has 0 radical (unpaired) electrons. The van der Waals surface area contributed by atoms with Crippen molar-refractivity contribution in [2.75, 3.05) is 0 Å². The van der Waals surface area contributed by atoms with Gasteiger partial charge in [0.15, 0.2) is 34.9 Å². The van der Waals surface area contributed by atoms with Crippen LogP contribution in [0.5, 0.6) is 0 Å². The molecule has 0 aliphatic heterocycles. The smallest absolute Gasteiger partial charge is 0.164 e. The summed E-state index contributed by atoms with van der Waals surface area (Å²) in [6.07, 6.45) is 3.61. The maximum absolute atomic E-state index is 5.21. The molecular weight excluding hydrogens is 833 g/mol. The van der Waals surface area contributed by atoms with Gasteiger partial charge >= 0.3 is 0 Å². The minimum Gasteiger partial charge on any atom is -0.265 e. The molecule has 0 unspecified atom stereocenters. The van der Waals surface area contributed by atoms with Gasteiger partial charge in [0.2, 0.25) is 0 Å². The van der Waals surface area contributed by atoms with E-state index in [2.05, 4.69) is 109 Å². The van der Waals surface area contributed by atoms with E-state index < -0.39 is 0 Å². The van der Waals surface area contributed by atoms with Gasteiger partial charge in [-0.2, -0.15) is 0 Å². The molecule has 8 heteroatoms. The van der Waals surface area contributed by atoms with Crippen molar-refractivity contribution in [1.29, 1.82) is 0 Å². The first-order valence-electron chi connectivity index (χ1n) is 22.5. The molecule has 0 saturated heterocycles. The fourth-order valence-corrected chi connectivity index (χ4v) is 8.50. The van der Waals surface area contributed by atoms with E-state index in [4.69, 9.17) is 34.9 Å². The molecule has 322 valence electrons. The third-order valence-electron chi connectivity index (χ3n) is 11.9. The Labute approximate surface area is 394 Å². The molecular formula is C60H42N8. The Morgan fingerprint density at radius 1 is 0.235 bits per heavy atom. The first-order chi connectivity index (χ1) is 33.5. The quantitative estimate of drug-likeness (QED) is 0.134. The lowest BCUT2D eigenvalue weighted by Gasteiger charge is -2.16. The number of nitrogens with zero attached hydrogens (tertiary/aromatic N) is 8. The topological polar surface area (TPSA) is 103 Å². The van der Waals surface area contributed by atoms with E-state index in [0.717, 1.165) is 89.3 Å². The van der Waals surface area contributed by atoms with E-state index in [1.165, 1.54) is 0 Å². The van der Waals surface area contributed by atoms with Gasteiger partial charge in [-0.15, -0.1) is 0 Å². The summed E-state index contributed by atoms with van der Waals surface area (Å²) < 4.78 is 0. The molecule has 0 saturated carbocycles. The van der Waals surface area contributed by atoms with E-state index in [0.29, 0.717) is 34.9 Å². The number of benzene rings is 7. The molecule has 0 spiro atoms. The maximum atomic E-state index is 5.21. The molecule has 4 heterocycles. The zero-order chi connectivity index (χ0) is 45.8. The zero-order valence-electron chi connectivity index (χ0n) is 37.4. The maximum Gasteiger partial charge on any atom is 0.164 e. The molecule has 0 aliphatic rings. The lowest BCUT2D eigenvalue weighted by atomic mass is 9.90. The molecule has 7 aromatic carbocycles.